The summed E-state index contributed by atoms with van der Waals surface area (Å²) in [7, 11) is 0. The predicted octanol–water partition coefficient (Wildman–Crippen LogP) is 1.80. The first kappa shape index (κ1) is 11.2. The molecule has 0 aliphatic rings. The molecule has 6 heteroatoms. The van der Waals surface area contributed by atoms with Crippen LogP contribution in [0.2, 0.25) is 0 Å². The van der Waals surface area contributed by atoms with Gasteiger partial charge in [0.15, 0.2) is 5.82 Å². The number of H-pyrrole nitrogens is 1. The van der Waals surface area contributed by atoms with Crippen molar-refractivity contribution in [2.75, 3.05) is 5.32 Å². The van der Waals surface area contributed by atoms with E-state index in [9.17, 15) is 4.79 Å². The topological polar surface area (TPSA) is 96.7 Å². The Balaban J connectivity index is 1.97. The molecule has 4 N–H and O–H groups in total. The number of carbonyl (C=O) groups is 1. The number of carbonyl (C=O) groups excluding carboxylic acids is 1. The number of hydrogen-bond donors (Lipinski definition) is 3. The molecule has 0 aliphatic carbocycles. The van der Waals surface area contributed by atoms with E-state index in [0.29, 0.717) is 11.4 Å². The minimum atomic E-state index is -0.464. The van der Waals surface area contributed by atoms with Crippen LogP contribution in [0.3, 0.4) is 0 Å². The van der Waals surface area contributed by atoms with Crippen molar-refractivity contribution in [3.8, 4) is 0 Å². The number of anilines is 2. The lowest BCUT2D eigenvalue weighted by atomic mass is 10.2. The highest BCUT2D eigenvalue weighted by Gasteiger charge is 2.07. The molecule has 0 unspecified atom stereocenters. The number of aromatic nitrogens is 3. The summed E-state index contributed by atoms with van der Waals surface area (Å²) < 4.78 is 0. The summed E-state index contributed by atoms with van der Waals surface area (Å²) in [6.07, 6.45) is 1.70. The first-order valence-corrected chi connectivity index (χ1v) is 5.70. The summed E-state index contributed by atoms with van der Waals surface area (Å²) >= 11 is 0. The number of hydrogen-bond acceptors (Lipinski definition) is 4. The van der Waals surface area contributed by atoms with Crippen LogP contribution in [0.15, 0.2) is 42.6 Å². The van der Waals surface area contributed by atoms with Gasteiger partial charge >= 0.3 is 0 Å². The van der Waals surface area contributed by atoms with Gasteiger partial charge in [0.1, 0.15) is 5.52 Å². The molecular weight excluding hydrogens is 242 g/mol. The standard InChI is InChI=1S/C13H11N5O/c14-12(19)8-3-1-4-9(7-8)16-13-11-10(17-18-13)5-2-6-15-11/h1-7H,(H2,14,19)(H2,16,17,18). The Labute approximate surface area is 108 Å². The highest BCUT2D eigenvalue weighted by molar-refractivity contribution is 5.94. The fraction of sp³-hybridized carbons (Fsp3) is 0. The molecule has 1 aromatic carbocycles. The van der Waals surface area contributed by atoms with Gasteiger partial charge in [0.2, 0.25) is 5.91 Å². The Kier molecular flexibility index (Phi) is 2.60. The number of nitrogens with one attached hydrogen (secondary N) is 2. The van der Waals surface area contributed by atoms with E-state index in [1.807, 2.05) is 18.2 Å². The number of benzene rings is 1. The van der Waals surface area contributed by atoms with E-state index in [4.69, 9.17) is 5.73 Å². The third-order valence-corrected chi connectivity index (χ3v) is 2.73. The Morgan fingerprint density at radius 3 is 3.00 bits per heavy atom. The van der Waals surface area contributed by atoms with Crippen LogP contribution in [0.1, 0.15) is 10.4 Å². The summed E-state index contributed by atoms with van der Waals surface area (Å²) in [5.74, 6) is 0.144. The molecule has 2 heterocycles. The molecule has 0 saturated heterocycles. The van der Waals surface area contributed by atoms with Gasteiger partial charge in [-0.25, -0.2) is 0 Å². The molecule has 0 saturated carbocycles. The first-order chi connectivity index (χ1) is 9.24. The molecule has 94 valence electrons. The number of rotatable bonds is 3. The maximum Gasteiger partial charge on any atom is 0.248 e. The Hall–Kier alpha value is -2.89. The van der Waals surface area contributed by atoms with Crippen molar-refractivity contribution in [1.82, 2.24) is 15.2 Å². The van der Waals surface area contributed by atoms with E-state index >= 15 is 0 Å². The fourth-order valence-corrected chi connectivity index (χ4v) is 1.83. The molecule has 0 atom stereocenters. The van der Waals surface area contributed by atoms with Gasteiger partial charge in [-0.1, -0.05) is 6.07 Å². The average molecular weight is 253 g/mol. The van der Waals surface area contributed by atoms with Crippen LogP contribution >= 0.6 is 0 Å². The van der Waals surface area contributed by atoms with E-state index < -0.39 is 5.91 Å². The number of primary amides is 1. The van der Waals surface area contributed by atoms with Crippen molar-refractivity contribution in [2.24, 2.45) is 5.73 Å². The smallest absolute Gasteiger partial charge is 0.248 e. The summed E-state index contributed by atoms with van der Waals surface area (Å²) in [5.41, 5.74) is 8.01. The molecule has 3 aromatic rings. The number of fused-ring (bicyclic) bond motifs is 1. The molecule has 0 bridgehead atoms. The number of pyridine rings is 1. The second-order valence-electron chi connectivity index (χ2n) is 4.04. The van der Waals surface area contributed by atoms with Crippen LogP contribution < -0.4 is 11.1 Å². The average Bonchev–Trinajstić information content (AvgIpc) is 2.83. The summed E-state index contributed by atoms with van der Waals surface area (Å²) in [6.45, 7) is 0. The van der Waals surface area contributed by atoms with Gasteiger partial charge in [-0.05, 0) is 30.3 Å². The number of amides is 1. The highest BCUT2D eigenvalue weighted by atomic mass is 16.1. The predicted molar refractivity (Wildman–Crippen MR) is 72.1 cm³/mol. The highest BCUT2D eigenvalue weighted by Crippen LogP contribution is 2.22. The Bertz CT molecular complexity index is 749. The quantitative estimate of drug-likeness (QED) is 0.663. The monoisotopic (exact) mass is 253 g/mol. The molecular formula is C13H11N5O. The van der Waals surface area contributed by atoms with Gasteiger partial charge < -0.3 is 11.1 Å². The maximum atomic E-state index is 11.1. The van der Waals surface area contributed by atoms with Crippen LogP contribution in [0, 0.1) is 0 Å². The van der Waals surface area contributed by atoms with Gasteiger partial charge in [-0.2, -0.15) is 5.10 Å². The zero-order valence-electron chi connectivity index (χ0n) is 9.92. The largest absolute Gasteiger partial charge is 0.366 e. The Morgan fingerprint density at radius 2 is 2.16 bits per heavy atom. The van der Waals surface area contributed by atoms with E-state index in [-0.39, 0.29) is 0 Å². The van der Waals surface area contributed by atoms with E-state index in [2.05, 4.69) is 20.5 Å². The third-order valence-electron chi connectivity index (χ3n) is 2.73. The number of nitrogens with zero attached hydrogens (tertiary/aromatic N) is 2. The zero-order chi connectivity index (χ0) is 13.2. The summed E-state index contributed by atoms with van der Waals surface area (Å²) in [5, 5.41) is 10.1. The third kappa shape index (κ3) is 2.11. The Morgan fingerprint density at radius 1 is 1.26 bits per heavy atom. The molecule has 0 aliphatic heterocycles. The summed E-state index contributed by atoms with van der Waals surface area (Å²) in [4.78, 5) is 15.4. The van der Waals surface area contributed by atoms with Gasteiger partial charge in [-0.15, -0.1) is 0 Å². The lowest BCUT2D eigenvalue weighted by Gasteiger charge is -2.04. The number of nitrogens with two attached hydrogens (primary N) is 1. The van der Waals surface area contributed by atoms with Crippen molar-refractivity contribution in [3.63, 3.8) is 0 Å². The maximum absolute atomic E-state index is 11.1. The van der Waals surface area contributed by atoms with Gasteiger partial charge in [-0.3, -0.25) is 14.9 Å². The fourth-order valence-electron chi connectivity index (χ4n) is 1.83. The minimum Gasteiger partial charge on any atom is -0.366 e. The van der Waals surface area contributed by atoms with Crippen LogP contribution in [-0.2, 0) is 0 Å². The van der Waals surface area contributed by atoms with Gasteiger partial charge in [0.25, 0.3) is 0 Å². The van der Waals surface area contributed by atoms with Crippen LogP contribution in [0.25, 0.3) is 11.0 Å². The van der Waals surface area contributed by atoms with Crippen molar-refractivity contribution >= 4 is 28.4 Å². The molecule has 3 rings (SSSR count). The lowest BCUT2D eigenvalue weighted by Crippen LogP contribution is -2.10. The van der Waals surface area contributed by atoms with Crippen molar-refractivity contribution in [2.45, 2.75) is 0 Å². The van der Waals surface area contributed by atoms with E-state index in [1.54, 1.807) is 24.4 Å². The second kappa shape index (κ2) is 4.41. The summed E-state index contributed by atoms with van der Waals surface area (Å²) in [6, 6.07) is 10.6. The van der Waals surface area contributed by atoms with Crippen LogP contribution in [-0.4, -0.2) is 21.1 Å². The van der Waals surface area contributed by atoms with Gasteiger partial charge in [0.05, 0.1) is 5.52 Å². The molecule has 0 radical (unpaired) electrons. The SMILES string of the molecule is NC(=O)c1cccc(Nc2n[nH]c3cccnc23)c1. The molecule has 6 nitrogen and oxygen atoms in total. The van der Waals surface area contributed by atoms with Crippen molar-refractivity contribution in [1.29, 1.82) is 0 Å². The van der Waals surface area contributed by atoms with Crippen LogP contribution in [0.4, 0.5) is 11.5 Å². The van der Waals surface area contributed by atoms with E-state index in [0.717, 1.165) is 16.7 Å². The normalized spacial score (nSPS) is 10.5. The van der Waals surface area contributed by atoms with Crippen molar-refractivity contribution < 1.29 is 4.79 Å². The molecule has 0 fully saturated rings. The minimum absolute atomic E-state index is 0.442. The molecule has 0 spiro atoms. The first-order valence-electron chi connectivity index (χ1n) is 5.70. The lowest BCUT2D eigenvalue weighted by molar-refractivity contribution is 0.100. The molecule has 19 heavy (non-hydrogen) atoms. The zero-order valence-corrected chi connectivity index (χ0v) is 9.92. The second-order valence-corrected chi connectivity index (χ2v) is 4.04. The number of aromatic amines is 1. The molecule has 2 aromatic heterocycles. The van der Waals surface area contributed by atoms with Crippen molar-refractivity contribution in [3.05, 3.63) is 48.2 Å². The van der Waals surface area contributed by atoms with E-state index in [1.165, 1.54) is 0 Å². The molecule has 1 amide bonds. The van der Waals surface area contributed by atoms with Crippen LogP contribution in [0.5, 0.6) is 0 Å². The van der Waals surface area contributed by atoms with Gasteiger partial charge in [0, 0.05) is 17.4 Å².